The van der Waals surface area contributed by atoms with Crippen molar-refractivity contribution in [3.8, 4) is 17.6 Å². The van der Waals surface area contributed by atoms with Gasteiger partial charge < -0.3 is 34.6 Å². The maximum Gasteiger partial charge on any atom is 0.255 e. The number of carbonyl (C=O) groups excluding carboxylic acids is 3. The minimum absolute atomic E-state index is 0.187. The SMILES string of the molecule is COc1cc(N2CCC(N(C)CCCC#Cc3cccc4c3CN(C3CCC(=O)NC3=O)C4=O)CC2)ccc1Nc1ncc(Cl)c(Nc2ccccc2P(C)(C)=O)n1. The monoisotopic (exact) mass is 822 g/mol. The third kappa shape index (κ3) is 9.15. The number of benzene rings is 3. The number of fused-ring (bicyclic) bond motifs is 1. The Morgan fingerprint density at radius 3 is 2.57 bits per heavy atom. The lowest BCUT2D eigenvalue weighted by atomic mass is 10.0. The normalized spacial score (nSPS) is 17.1. The van der Waals surface area contributed by atoms with E-state index in [9.17, 15) is 18.9 Å². The van der Waals surface area contributed by atoms with E-state index in [1.54, 1.807) is 31.4 Å². The average Bonchev–Trinajstić information content (AvgIpc) is 3.55. The van der Waals surface area contributed by atoms with Gasteiger partial charge >= 0.3 is 0 Å². The van der Waals surface area contributed by atoms with Gasteiger partial charge in [-0.05, 0) is 94.6 Å². The van der Waals surface area contributed by atoms with Gasteiger partial charge in [-0.2, -0.15) is 4.98 Å². The van der Waals surface area contributed by atoms with E-state index in [1.165, 1.54) is 6.20 Å². The number of imide groups is 1. The Kier molecular flexibility index (Phi) is 12.4. The number of ether oxygens (including phenoxy) is 1. The zero-order chi connectivity index (χ0) is 41.0. The average molecular weight is 823 g/mol. The lowest BCUT2D eigenvalue weighted by Crippen LogP contribution is -2.52. The molecule has 0 spiro atoms. The summed E-state index contributed by atoms with van der Waals surface area (Å²) in [4.78, 5) is 52.6. The Balaban J connectivity index is 0.898. The van der Waals surface area contributed by atoms with Gasteiger partial charge in [0.05, 0.1) is 24.7 Å². The van der Waals surface area contributed by atoms with E-state index in [0.717, 1.165) is 62.1 Å². The van der Waals surface area contributed by atoms with Crippen LogP contribution in [0, 0.1) is 11.8 Å². The zero-order valence-corrected chi connectivity index (χ0v) is 34.8. The number of unbranched alkanes of at least 4 members (excludes halogenated alkanes) is 1. The summed E-state index contributed by atoms with van der Waals surface area (Å²) < 4.78 is 18.7. The summed E-state index contributed by atoms with van der Waals surface area (Å²) >= 11 is 6.47. The summed E-state index contributed by atoms with van der Waals surface area (Å²) in [6.07, 6.45) is 5.80. The number of hydrogen-bond acceptors (Lipinski definition) is 11. The van der Waals surface area contributed by atoms with Crippen LogP contribution in [-0.4, -0.2) is 96.7 Å². The van der Waals surface area contributed by atoms with Crippen molar-refractivity contribution >= 4 is 70.6 Å². The van der Waals surface area contributed by atoms with Crippen LogP contribution in [0.15, 0.2) is 66.9 Å². The maximum atomic E-state index is 13.2. The Morgan fingerprint density at radius 1 is 1.02 bits per heavy atom. The molecule has 4 aromatic rings. The van der Waals surface area contributed by atoms with Gasteiger partial charge in [-0.15, -0.1) is 0 Å². The minimum atomic E-state index is -2.55. The first-order valence-electron chi connectivity index (χ1n) is 19.5. The molecule has 15 heteroatoms. The molecule has 3 aliphatic heterocycles. The summed E-state index contributed by atoms with van der Waals surface area (Å²) in [5.74, 6) is 7.09. The Hall–Kier alpha value is -5.41. The van der Waals surface area contributed by atoms with Crippen molar-refractivity contribution < 1.29 is 23.7 Å². The molecule has 3 amide bonds. The molecule has 0 saturated carbocycles. The molecule has 3 N–H and O–H groups in total. The molecule has 1 atom stereocenters. The van der Waals surface area contributed by atoms with Crippen LogP contribution in [0.25, 0.3) is 0 Å². The van der Waals surface area contributed by atoms with E-state index < -0.39 is 19.1 Å². The van der Waals surface area contributed by atoms with E-state index in [1.807, 2.05) is 48.5 Å². The third-order valence-electron chi connectivity index (χ3n) is 11.0. The lowest BCUT2D eigenvalue weighted by Gasteiger charge is -2.38. The van der Waals surface area contributed by atoms with Gasteiger partial charge in [-0.25, -0.2) is 4.98 Å². The molecular weight excluding hydrogens is 775 g/mol. The molecule has 2 saturated heterocycles. The Bertz CT molecular complexity index is 2330. The second-order valence-corrected chi connectivity index (χ2v) is 18.8. The highest BCUT2D eigenvalue weighted by Gasteiger charge is 2.39. The van der Waals surface area contributed by atoms with Crippen molar-refractivity contribution in [2.24, 2.45) is 0 Å². The zero-order valence-electron chi connectivity index (χ0n) is 33.2. The van der Waals surface area contributed by atoms with Gasteiger partial charge in [-0.1, -0.05) is 41.6 Å². The Morgan fingerprint density at radius 2 is 1.81 bits per heavy atom. The standard InChI is InChI=1S/C43H48ClN8O5P/c1-50(22-9-5-6-11-28-12-10-13-31-32(28)27-52(42(31)55)36-18-19-39(53)48-41(36)54)29-20-23-51(24-21-29)30-16-17-34(37(25-30)57-2)47-43-45-26-33(44)40(49-43)46-35-14-7-8-15-38(35)58(3,4)56/h7-8,10,12-17,25-26,29,36H,5,9,18-24,27H2,1-4H3,(H,48,53,54)(H2,45,46,47,49). The van der Waals surface area contributed by atoms with Gasteiger partial charge in [0.25, 0.3) is 5.91 Å². The van der Waals surface area contributed by atoms with Gasteiger partial charge in [0.1, 0.15) is 24.0 Å². The van der Waals surface area contributed by atoms with Crippen molar-refractivity contribution in [2.75, 3.05) is 62.7 Å². The molecule has 13 nitrogen and oxygen atoms in total. The predicted molar refractivity (Wildman–Crippen MR) is 229 cm³/mol. The molecule has 0 bridgehead atoms. The minimum Gasteiger partial charge on any atom is -0.494 e. The molecule has 3 aliphatic rings. The van der Waals surface area contributed by atoms with E-state index in [4.69, 9.17) is 16.3 Å². The molecule has 0 aliphatic carbocycles. The van der Waals surface area contributed by atoms with E-state index in [0.29, 0.717) is 63.8 Å². The number of piperidine rings is 2. The topological polar surface area (TPSA) is 149 Å². The summed E-state index contributed by atoms with van der Waals surface area (Å²) in [6, 6.07) is 18.9. The fourth-order valence-corrected chi connectivity index (χ4v) is 9.11. The number of halogens is 1. The number of rotatable bonds is 12. The van der Waals surface area contributed by atoms with Crippen LogP contribution in [0.5, 0.6) is 5.75 Å². The van der Waals surface area contributed by atoms with Gasteiger partial charge in [0, 0.05) is 66.7 Å². The lowest BCUT2D eigenvalue weighted by molar-refractivity contribution is -0.136. The number of nitrogens with zero attached hydrogens (tertiary/aromatic N) is 5. The van der Waals surface area contributed by atoms with Crippen molar-refractivity contribution in [2.45, 2.75) is 57.2 Å². The molecule has 7 rings (SSSR count). The van der Waals surface area contributed by atoms with Crippen LogP contribution in [0.4, 0.5) is 28.8 Å². The second-order valence-electron chi connectivity index (χ2n) is 15.2. The maximum absolute atomic E-state index is 13.2. The number of carbonyl (C=O) groups is 3. The molecule has 302 valence electrons. The first-order valence-corrected chi connectivity index (χ1v) is 22.5. The molecule has 1 aromatic heterocycles. The fourth-order valence-electron chi connectivity index (χ4n) is 7.82. The number of anilines is 5. The van der Waals surface area contributed by atoms with E-state index in [2.05, 4.69) is 60.7 Å². The largest absolute Gasteiger partial charge is 0.494 e. The fraction of sp³-hybridized carbons (Fsp3) is 0.372. The molecule has 58 heavy (non-hydrogen) atoms. The van der Waals surface area contributed by atoms with Crippen LogP contribution in [0.3, 0.4) is 0 Å². The molecular formula is C43H48ClN8O5P. The van der Waals surface area contributed by atoms with Crippen molar-refractivity contribution in [1.82, 2.24) is 25.1 Å². The van der Waals surface area contributed by atoms with Crippen LogP contribution in [0.2, 0.25) is 5.02 Å². The molecule has 3 aromatic carbocycles. The van der Waals surface area contributed by atoms with Crippen LogP contribution in [0.1, 0.15) is 60.0 Å². The number of methoxy groups -OCH3 is 1. The van der Waals surface area contributed by atoms with Crippen molar-refractivity contribution in [1.29, 1.82) is 0 Å². The second kappa shape index (κ2) is 17.6. The summed E-state index contributed by atoms with van der Waals surface area (Å²) in [5, 5.41) is 9.91. The molecule has 2 fully saturated rings. The van der Waals surface area contributed by atoms with Gasteiger partial charge in [-0.3, -0.25) is 19.7 Å². The first-order chi connectivity index (χ1) is 27.9. The van der Waals surface area contributed by atoms with Crippen LogP contribution < -0.4 is 30.9 Å². The van der Waals surface area contributed by atoms with Crippen molar-refractivity contribution in [3.63, 3.8) is 0 Å². The molecule has 4 heterocycles. The van der Waals surface area contributed by atoms with E-state index in [-0.39, 0.29) is 18.2 Å². The number of para-hydroxylation sites is 1. The highest BCUT2D eigenvalue weighted by Crippen LogP contribution is 2.39. The third-order valence-corrected chi connectivity index (χ3v) is 12.8. The highest BCUT2D eigenvalue weighted by molar-refractivity contribution is 7.70. The van der Waals surface area contributed by atoms with Crippen LogP contribution in [-0.2, 0) is 20.7 Å². The van der Waals surface area contributed by atoms with E-state index >= 15 is 0 Å². The summed E-state index contributed by atoms with van der Waals surface area (Å²) in [5.41, 5.74) is 4.71. The number of nitrogens with one attached hydrogen (secondary N) is 3. The van der Waals surface area contributed by atoms with Gasteiger partial charge in [0.15, 0.2) is 5.82 Å². The predicted octanol–water partition coefficient (Wildman–Crippen LogP) is 6.37. The smallest absolute Gasteiger partial charge is 0.255 e. The van der Waals surface area contributed by atoms with Gasteiger partial charge in [0.2, 0.25) is 17.8 Å². The highest BCUT2D eigenvalue weighted by atomic mass is 35.5. The Labute approximate surface area is 344 Å². The van der Waals surface area contributed by atoms with Crippen molar-refractivity contribution in [3.05, 3.63) is 88.6 Å². The quantitative estimate of drug-likeness (QED) is 0.0634. The first kappa shape index (κ1) is 40.8. The molecule has 1 unspecified atom stereocenters. The number of aromatic nitrogens is 2. The summed E-state index contributed by atoms with van der Waals surface area (Å²) in [7, 11) is 1.27. The van der Waals surface area contributed by atoms with Crippen LogP contribution >= 0.6 is 18.7 Å². The number of hydrogen-bond donors (Lipinski definition) is 3. The molecule has 0 radical (unpaired) electrons. The number of amides is 3. The summed E-state index contributed by atoms with van der Waals surface area (Å²) in [6.45, 7) is 6.53.